The van der Waals surface area contributed by atoms with Crippen LogP contribution in [0.4, 0.5) is 0 Å². The van der Waals surface area contributed by atoms with Crippen LogP contribution in [0.1, 0.15) is 161 Å². The molecule has 0 unspecified atom stereocenters. The lowest BCUT2D eigenvalue weighted by Crippen LogP contribution is -2.54. The zero-order valence-electron chi connectivity index (χ0n) is 80.4. The largest absolute Gasteiger partial charge is 0.368 e. The topological polar surface area (TPSA) is 443 Å². The summed E-state index contributed by atoms with van der Waals surface area (Å²) in [6.07, 6.45) is 11.7. The number of imidazole rings is 1. The quantitative estimate of drug-likeness (QED) is 0.0162. The van der Waals surface area contributed by atoms with E-state index in [-0.39, 0.29) is 77.9 Å². The van der Waals surface area contributed by atoms with E-state index in [4.69, 9.17) is 28.7 Å². The Morgan fingerprint density at radius 3 is 0.855 bits per heavy atom. The molecule has 0 spiro atoms. The molecule has 10 aromatic rings. The van der Waals surface area contributed by atoms with Crippen LogP contribution in [0.2, 0.25) is 0 Å². The summed E-state index contributed by atoms with van der Waals surface area (Å²) in [4.78, 5) is 212. The third kappa shape index (κ3) is 31.7. The number of para-hydroxylation sites is 2. The van der Waals surface area contributed by atoms with E-state index >= 15 is 38.4 Å². The van der Waals surface area contributed by atoms with Gasteiger partial charge < -0.3 is 103 Å². The number of rotatable bonds is 59. The van der Waals surface area contributed by atoms with Gasteiger partial charge in [-0.3, -0.25) is 57.5 Å². The highest BCUT2D eigenvalue weighted by atomic mass is 16.2. The molecule has 7 aromatic carbocycles. The molecule has 3 aromatic heterocycles. The maximum absolute atomic E-state index is 16.1. The van der Waals surface area contributed by atoms with E-state index in [0.717, 1.165) is 44.2 Å². The molecule has 736 valence electrons. The lowest BCUT2D eigenvalue weighted by molar-refractivity contribution is -0.151. The highest BCUT2D eigenvalue weighted by Gasteiger charge is 2.38. The van der Waals surface area contributed by atoms with Gasteiger partial charge in [0.25, 0.3) is 0 Å². The van der Waals surface area contributed by atoms with Crippen LogP contribution in [-0.2, 0) is 76.8 Å². The number of primary amides is 1. The van der Waals surface area contributed by atoms with Gasteiger partial charge in [-0.25, -0.2) is 4.98 Å². The van der Waals surface area contributed by atoms with Crippen molar-refractivity contribution in [1.82, 2.24) is 79.2 Å². The molecular formula is C105H139N21O12. The Balaban J connectivity index is 0.930. The van der Waals surface area contributed by atoms with E-state index in [2.05, 4.69) is 25.3 Å². The van der Waals surface area contributed by atoms with Gasteiger partial charge in [0.15, 0.2) is 0 Å². The van der Waals surface area contributed by atoms with Gasteiger partial charge in [0.1, 0.15) is 26.2 Å². The Hall–Kier alpha value is -13.7. The molecule has 0 radical (unpaired) electrons. The van der Waals surface area contributed by atoms with E-state index in [9.17, 15) is 19.2 Å². The second kappa shape index (κ2) is 55.5. The molecule has 10 rings (SSSR count). The zero-order valence-corrected chi connectivity index (χ0v) is 80.4. The monoisotopic (exact) mass is 1890 g/mol. The Kier molecular flexibility index (Phi) is 42.7. The summed E-state index contributed by atoms with van der Waals surface area (Å²) in [6.45, 7) is 4.54. The first-order valence-corrected chi connectivity index (χ1v) is 48.0. The second-order valence-corrected chi connectivity index (χ2v) is 35.1. The highest BCUT2D eigenvalue weighted by molar-refractivity contribution is 5.96. The number of amides is 12. The van der Waals surface area contributed by atoms with Crippen LogP contribution >= 0.6 is 0 Å². The number of nitrogens with two attached hydrogens (primary N) is 5. The molecule has 0 saturated carbocycles. The minimum atomic E-state index is -0.856. The van der Waals surface area contributed by atoms with Gasteiger partial charge >= 0.3 is 0 Å². The smallest absolute Gasteiger partial charge is 0.243 e. The normalized spacial score (nSPS) is 12.3. The number of aromatic nitrogens is 4. The SMILES string of the molecule is C[C@@H](c1ccccc1)N(CC(N)=O)C(=O)CN(CCCCN)C(=O)CN(CCCCN)C(=O)CN(C(=O)CN(C(=O)CN(CCCCN)C(=O)CN(C(=O)CN(C(=O)CN(CCCCN)C(=O)CN(CCc1c[nH]c2ccccc12)C(=O)CN(CCc1c[nH]c2ccccc12)C(=O)CNCCc1c[nH]cn1)[C@@H](C)c1ccccc1)[C@@H](C)c1ccccc1)[C@@H](C)c1ccccc1)[C@@H](C)c1ccccc1. The van der Waals surface area contributed by atoms with Crippen molar-refractivity contribution in [3.63, 3.8) is 0 Å². The van der Waals surface area contributed by atoms with E-state index in [0.29, 0.717) is 106 Å². The van der Waals surface area contributed by atoms with Crippen LogP contribution in [0.5, 0.6) is 0 Å². The Morgan fingerprint density at radius 1 is 0.297 bits per heavy atom. The van der Waals surface area contributed by atoms with Crippen LogP contribution in [0.15, 0.2) is 225 Å². The minimum absolute atomic E-state index is 0.0248. The molecule has 138 heavy (non-hydrogen) atoms. The summed E-state index contributed by atoms with van der Waals surface area (Å²) >= 11 is 0. The first-order valence-electron chi connectivity index (χ1n) is 48.0. The summed E-state index contributed by atoms with van der Waals surface area (Å²) in [5.74, 6) is -7.26. The fraction of sp³-hybridized carbons (Fsp3) is 0.419. The number of hydrogen-bond acceptors (Lipinski definition) is 18. The van der Waals surface area contributed by atoms with Crippen molar-refractivity contribution in [2.75, 3.05) is 151 Å². The molecule has 0 fully saturated rings. The van der Waals surface area contributed by atoms with Crippen molar-refractivity contribution in [2.24, 2.45) is 28.7 Å². The van der Waals surface area contributed by atoms with Crippen molar-refractivity contribution in [2.45, 2.75) is 135 Å². The zero-order chi connectivity index (χ0) is 98.8. The number of H-pyrrole nitrogens is 3. The molecule has 14 N–H and O–H groups in total. The Bertz CT molecular complexity index is 5520. The van der Waals surface area contributed by atoms with Gasteiger partial charge in [-0.2, -0.15) is 0 Å². The lowest BCUT2D eigenvalue weighted by atomic mass is 10.0. The van der Waals surface area contributed by atoms with E-state index in [1.807, 2.05) is 140 Å². The summed E-state index contributed by atoms with van der Waals surface area (Å²) in [5.41, 5.74) is 37.7. The van der Waals surface area contributed by atoms with Gasteiger partial charge in [0.2, 0.25) is 70.9 Å². The maximum Gasteiger partial charge on any atom is 0.243 e. The van der Waals surface area contributed by atoms with Gasteiger partial charge in [-0.15, -0.1) is 0 Å². The third-order valence-electron chi connectivity index (χ3n) is 25.5. The van der Waals surface area contributed by atoms with E-state index in [1.165, 1.54) is 53.9 Å². The number of hydrogen-bond donors (Lipinski definition) is 9. The summed E-state index contributed by atoms with van der Waals surface area (Å²) in [5, 5.41) is 5.14. The number of nitrogens with zero attached hydrogens (tertiary/aromatic N) is 12. The van der Waals surface area contributed by atoms with Gasteiger partial charge in [0, 0.05) is 92.6 Å². The number of carbonyl (C=O) groups is 12. The molecule has 33 heteroatoms. The van der Waals surface area contributed by atoms with Gasteiger partial charge in [0.05, 0.1) is 94.6 Å². The van der Waals surface area contributed by atoms with Crippen molar-refractivity contribution in [3.8, 4) is 0 Å². The van der Waals surface area contributed by atoms with E-state index < -0.39 is 161 Å². The Morgan fingerprint density at radius 2 is 0.558 bits per heavy atom. The maximum atomic E-state index is 16.1. The summed E-state index contributed by atoms with van der Waals surface area (Å²) < 4.78 is 0. The van der Waals surface area contributed by atoms with Crippen LogP contribution < -0.4 is 34.0 Å². The first-order chi connectivity index (χ1) is 66.8. The van der Waals surface area contributed by atoms with Crippen molar-refractivity contribution in [1.29, 1.82) is 0 Å². The van der Waals surface area contributed by atoms with Crippen molar-refractivity contribution < 1.29 is 57.5 Å². The molecule has 5 atom stereocenters. The number of benzene rings is 7. The van der Waals surface area contributed by atoms with Crippen molar-refractivity contribution in [3.05, 3.63) is 270 Å². The molecule has 33 nitrogen and oxygen atoms in total. The molecule has 0 aliphatic heterocycles. The van der Waals surface area contributed by atoms with Gasteiger partial charge in [-0.05, 0) is 176 Å². The van der Waals surface area contributed by atoms with Crippen LogP contribution in [-0.4, -0.2) is 295 Å². The standard InChI is InChI=1S/C105H139N21O12/c1-77(82-33-11-6-12-34-82)122(65-94(110)127)101(134)69-117(56-30-26-51-107)96(129)66-116(55-29-25-50-106)99(132)72-123(78(2)83-35-13-7-14-36-83)104(137)75-126(81(5)86-41-19-10-20-42-86)103(136)71-119(58-32-28-53-109)100(133)73-124(79(3)84-37-15-8-16-38-84)105(138)74-125(80(4)85-39-17-9-18-40-85)102(135)70-118(57-31-27-52-108)97(130)68-121(60-49-88-62-114-93-46-24-22-44-91(88)93)98(131)67-120(95(128)64-111-54-47-89-63-112-76-115-89)59-48-87-61-113-92-45-23-21-43-90(87)92/h6-24,33-46,61-63,76-81,111,113-114H,25-32,47-60,64-75,106-109H2,1-5H3,(H2,110,127)(H,112,115)/t77-,78-,79-,80-,81-/m0/s1. The third-order valence-corrected chi connectivity index (χ3v) is 25.5. The average Bonchev–Trinajstić information content (AvgIpc) is 1.53. The number of nitrogens with one attached hydrogen (secondary N) is 4. The second-order valence-electron chi connectivity index (χ2n) is 35.1. The van der Waals surface area contributed by atoms with Gasteiger partial charge in [-0.1, -0.05) is 188 Å². The average molecular weight is 1890 g/mol. The molecule has 3 heterocycles. The number of fused-ring (bicyclic) bond motifs is 2. The van der Waals surface area contributed by atoms with Crippen LogP contribution in [0.25, 0.3) is 21.8 Å². The molecule has 0 bridgehead atoms. The molecule has 0 saturated heterocycles. The molecule has 12 amide bonds. The van der Waals surface area contributed by atoms with Crippen LogP contribution in [0, 0.1) is 0 Å². The molecule has 0 aliphatic rings. The van der Waals surface area contributed by atoms with Crippen LogP contribution in [0.3, 0.4) is 0 Å². The molecule has 0 aliphatic carbocycles. The van der Waals surface area contributed by atoms with E-state index in [1.54, 1.807) is 120 Å². The first kappa shape index (κ1) is 106. The minimum Gasteiger partial charge on any atom is -0.368 e. The number of unbranched alkanes of at least 4 members (excludes halogenated alkanes) is 4. The lowest BCUT2D eigenvalue weighted by Gasteiger charge is -2.37. The van der Waals surface area contributed by atoms with Crippen molar-refractivity contribution >= 4 is 92.7 Å². The summed E-state index contributed by atoms with van der Waals surface area (Å²) in [6, 6.07) is 56.8. The number of aromatic amines is 3. The fourth-order valence-electron chi connectivity index (χ4n) is 17.1. The highest BCUT2D eigenvalue weighted by Crippen LogP contribution is 2.30. The molecular weight excluding hydrogens is 1750 g/mol. The predicted molar refractivity (Wildman–Crippen MR) is 534 cm³/mol. The Labute approximate surface area is 809 Å². The summed E-state index contributed by atoms with van der Waals surface area (Å²) in [7, 11) is 0. The number of carbonyl (C=O) groups excluding carboxylic acids is 12. The predicted octanol–water partition coefficient (Wildman–Crippen LogP) is 8.35. The fourth-order valence-corrected chi connectivity index (χ4v) is 17.1.